The molecule has 2 atom stereocenters. The van der Waals surface area contributed by atoms with E-state index in [9.17, 15) is 9.59 Å². The molecule has 4 rings (SSSR count). The van der Waals surface area contributed by atoms with E-state index in [1.807, 2.05) is 40.1 Å². The van der Waals surface area contributed by atoms with E-state index in [0.717, 1.165) is 64.1 Å². The second kappa shape index (κ2) is 8.40. The molecular formula is C21H30N4O2. The molecule has 3 aliphatic rings. The number of carbonyl (C=O) groups is 2. The van der Waals surface area contributed by atoms with E-state index in [2.05, 4.69) is 10.2 Å². The summed E-state index contributed by atoms with van der Waals surface area (Å²) in [5.41, 5.74) is 0.934. The van der Waals surface area contributed by atoms with Crippen molar-refractivity contribution < 1.29 is 9.59 Å². The molecule has 6 heteroatoms. The van der Waals surface area contributed by atoms with Crippen molar-refractivity contribution >= 4 is 11.8 Å². The Labute approximate surface area is 161 Å². The number of hydrogen-bond acceptors (Lipinski definition) is 4. The second-order valence-electron chi connectivity index (χ2n) is 7.87. The number of nitrogens with zero attached hydrogens (tertiary/aromatic N) is 3. The maximum absolute atomic E-state index is 13.5. The highest BCUT2D eigenvalue weighted by molar-refractivity contribution is 5.89. The fraction of sp³-hybridized carbons (Fsp3) is 0.619. The lowest BCUT2D eigenvalue weighted by Crippen LogP contribution is -2.50. The number of likely N-dealkylation sites (tertiary alicyclic amines) is 2. The van der Waals surface area contributed by atoms with Gasteiger partial charge in [0, 0.05) is 58.3 Å². The number of piperazine rings is 1. The van der Waals surface area contributed by atoms with Crippen molar-refractivity contribution in [3.05, 3.63) is 35.9 Å². The summed E-state index contributed by atoms with van der Waals surface area (Å²) in [6.45, 7) is 6.42. The van der Waals surface area contributed by atoms with Gasteiger partial charge in [-0.05, 0) is 24.8 Å². The van der Waals surface area contributed by atoms with Crippen LogP contribution in [-0.2, 0) is 9.59 Å². The highest BCUT2D eigenvalue weighted by Crippen LogP contribution is 2.29. The molecule has 6 nitrogen and oxygen atoms in total. The normalized spacial score (nSPS) is 25.6. The second-order valence-corrected chi connectivity index (χ2v) is 7.87. The number of amides is 2. The Kier molecular flexibility index (Phi) is 5.74. The Bertz CT molecular complexity index is 659. The van der Waals surface area contributed by atoms with Gasteiger partial charge in [0.15, 0.2) is 0 Å². The molecular weight excluding hydrogens is 340 g/mol. The first kappa shape index (κ1) is 18.4. The average Bonchev–Trinajstić information content (AvgIpc) is 3.21. The third-order valence-corrected chi connectivity index (χ3v) is 6.16. The molecule has 3 heterocycles. The summed E-state index contributed by atoms with van der Waals surface area (Å²) in [5, 5.41) is 3.39. The molecule has 0 aliphatic carbocycles. The van der Waals surface area contributed by atoms with Crippen LogP contribution < -0.4 is 5.32 Å². The van der Waals surface area contributed by atoms with Crippen molar-refractivity contribution in [2.24, 2.45) is 0 Å². The fourth-order valence-electron chi connectivity index (χ4n) is 4.65. The molecule has 3 aliphatic heterocycles. The lowest BCUT2D eigenvalue weighted by Gasteiger charge is -2.36. The highest BCUT2D eigenvalue weighted by Gasteiger charge is 2.38. The van der Waals surface area contributed by atoms with Gasteiger partial charge in [0.2, 0.25) is 11.8 Å². The van der Waals surface area contributed by atoms with Gasteiger partial charge in [-0.15, -0.1) is 0 Å². The van der Waals surface area contributed by atoms with Crippen LogP contribution >= 0.6 is 0 Å². The number of hydrogen-bond donors (Lipinski definition) is 1. The van der Waals surface area contributed by atoms with E-state index in [4.69, 9.17) is 0 Å². The first-order chi connectivity index (χ1) is 13.2. The van der Waals surface area contributed by atoms with Crippen LogP contribution in [0.4, 0.5) is 0 Å². The predicted octanol–water partition coefficient (Wildman–Crippen LogP) is 1.25. The van der Waals surface area contributed by atoms with Gasteiger partial charge < -0.3 is 15.1 Å². The van der Waals surface area contributed by atoms with Crippen LogP contribution in [-0.4, -0.2) is 78.4 Å². The van der Waals surface area contributed by atoms with Gasteiger partial charge in [0.1, 0.15) is 6.04 Å². The molecule has 146 valence electrons. The predicted molar refractivity (Wildman–Crippen MR) is 104 cm³/mol. The maximum atomic E-state index is 13.5. The zero-order valence-electron chi connectivity index (χ0n) is 16.0. The standard InChI is InChI=1S/C21H30N4O2/c26-19-8-4-5-12-25(19)20(17-6-2-1-3-7-17)21(27)24-13-9-18(16-24)23-14-10-22-11-15-23/h1-3,6-7,18,20,22H,4-5,8-16H2. The van der Waals surface area contributed by atoms with E-state index in [1.165, 1.54) is 0 Å². The minimum atomic E-state index is -0.472. The molecule has 1 aromatic carbocycles. The number of nitrogens with one attached hydrogen (secondary N) is 1. The van der Waals surface area contributed by atoms with Crippen molar-refractivity contribution in [3.8, 4) is 0 Å². The molecule has 0 radical (unpaired) electrons. The Morgan fingerprint density at radius 1 is 1.04 bits per heavy atom. The molecule has 27 heavy (non-hydrogen) atoms. The SMILES string of the molecule is O=C(C(c1ccccc1)N1CCCCC1=O)N1CCC(N2CCNCC2)C1. The van der Waals surface area contributed by atoms with Crippen molar-refractivity contribution in [3.63, 3.8) is 0 Å². The molecule has 2 unspecified atom stereocenters. The molecule has 3 saturated heterocycles. The van der Waals surface area contributed by atoms with Gasteiger partial charge in [0.05, 0.1) is 0 Å². The molecule has 0 spiro atoms. The zero-order chi connectivity index (χ0) is 18.6. The van der Waals surface area contributed by atoms with Crippen molar-refractivity contribution in [1.82, 2.24) is 20.0 Å². The van der Waals surface area contributed by atoms with Crippen LogP contribution in [0.25, 0.3) is 0 Å². The lowest BCUT2D eigenvalue weighted by molar-refractivity contribution is -0.147. The van der Waals surface area contributed by atoms with E-state index in [0.29, 0.717) is 19.0 Å². The number of benzene rings is 1. The third kappa shape index (κ3) is 4.01. The summed E-state index contributed by atoms with van der Waals surface area (Å²) in [4.78, 5) is 32.4. The van der Waals surface area contributed by atoms with E-state index >= 15 is 0 Å². The van der Waals surface area contributed by atoms with Crippen LogP contribution in [0.3, 0.4) is 0 Å². The zero-order valence-corrected chi connectivity index (χ0v) is 16.0. The number of rotatable bonds is 4. The van der Waals surface area contributed by atoms with Gasteiger partial charge in [-0.3, -0.25) is 14.5 Å². The molecule has 3 fully saturated rings. The largest absolute Gasteiger partial charge is 0.339 e. The van der Waals surface area contributed by atoms with E-state index < -0.39 is 6.04 Å². The minimum absolute atomic E-state index is 0.0917. The van der Waals surface area contributed by atoms with Crippen LogP contribution in [0.15, 0.2) is 30.3 Å². The van der Waals surface area contributed by atoms with Crippen molar-refractivity contribution in [1.29, 1.82) is 0 Å². The molecule has 0 aromatic heterocycles. The molecule has 1 aromatic rings. The van der Waals surface area contributed by atoms with Crippen LogP contribution in [0.1, 0.15) is 37.3 Å². The van der Waals surface area contributed by atoms with E-state index in [1.54, 1.807) is 0 Å². The summed E-state index contributed by atoms with van der Waals surface area (Å²) in [5.74, 6) is 0.204. The highest BCUT2D eigenvalue weighted by atomic mass is 16.2. The quantitative estimate of drug-likeness (QED) is 0.867. The topological polar surface area (TPSA) is 55.9 Å². The van der Waals surface area contributed by atoms with Crippen molar-refractivity contribution in [2.75, 3.05) is 45.8 Å². The fourth-order valence-corrected chi connectivity index (χ4v) is 4.65. The van der Waals surface area contributed by atoms with Crippen LogP contribution in [0.5, 0.6) is 0 Å². The Hall–Kier alpha value is -1.92. The van der Waals surface area contributed by atoms with Gasteiger partial charge >= 0.3 is 0 Å². The first-order valence-electron chi connectivity index (χ1n) is 10.3. The Morgan fingerprint density at radius 2 is 1.81 bits per heavy atom. The van der Waals surface area contributed by atoms with Gasteiger partial charge in [0.25, 0.3) is 0 Å². The average molecular weight is 370 g/mol. The molecule has 1 N–H and O–H groups in total. The molecule has 2 amide bonds. The lowest BCUT2D eigenvalue weighted by atomic mass is 10.00. The van der Waals surface area contributed by atoms with Gasteiger partial charge in [-0.25, -0.2) is 0 Å². The summed E-state index contributed by atoms with van der Waals surface area (Å²) < 4.78 is 0. The van der Waals surface area contributed by atoms with Gasteiger partial charge in [-0.2, -0.15) is 0 Å². The summed E-state index contributed by atoms with van der Waals surface area (Å²) in [6, 6.07) is 9.81. The Morgan fingerprint density at radius 3 is 2.56 bits per heavy atom. The maximum Gasteiger partial charge on any atom is 0.250 e. The van der Waals surface area contributed by atoms with Crippen LogP contribution in [0.2, 0.25) is 0 Å². The summed E-state index contributed by atoms with van der Waals surface area (Å²) in [7, 11) is 0. The monoisotopic (exact) mass is 370 g/mol. The summed E-state index contributed by atoms with van der Waals surface area (Å²) >= 11 is 0. The number of piperidine rings is 1. The summed E-state index contributed by atoms with van der Waals surface area (Å²) in [6.07, 6.45) is 3.49. The first-order valence-corrected chi connectivity index (χ1v) is 10.3. The van der Waals surface area contributed by atoms with Crippen LogP contribution in [0, 0.1) is 0 Å². The minimum Gasteiger partial charge on any atom is -0.339 e. The van der Waals surface area contributed by atoms with Gasteiger partial charge in [-0.1, -0.05) is 30.3 Å². The molecule has 0 bridgehead atoms. The smallest absolute Gasteiger partial charge is 0.250 e. The third-order valence-electron chi connectivity index (χ3n) is 6.16. The number of carbonyl (C=O) groups excluding carboxylic acids is 2. The van der Waals surface area contributed by atoms with E-state index in [-0.39, 0.29) is 11.8 Å². The Balaban J connectivity index is 1.51. The van der Waals surface area contributed by atoms with Crippen molar-refractivity contribution in [2.45, 2.75) is 37.8 Å². The molecule has 0 saturated carbocycles.